The maximum atomic E-state index is 11.9. The van der Waals surface area contributed by atoms with Crippen molar-refractivity contribution in [2.24, 2.45) is 5.92 Å². The van der Waals surface area contributed by atoms with Crippen LogP contribution in [0.15, 0.2) is 24.3 Å². The van der Waals surface area contributed by atoms with Crippen molar-refractivity contribution in [1.29, 1.82) is 0 Å². The molecular weight excluding hydrogens is 248 g/mol. The highest BCUT2D eigenvalue weighted by atomic mass is 16.1. The van der Waals surface area contributed by atoms with E-state index in [1.165, 1.54) is 11.1 Å². The molecule has 1 amide bonds. The van der Waals surface area contributed by atoms with Crippen LogP contribution in [0.1, 0.15) is 38.3 Å². The first kappa shape index (κ1) is 15.0. The van der Waals surface area contributed by atoms with E-state index in [1.54, 1.807) is 0 Å². The lowest BCUT2D eigenvalue weighted by Gasteiger charge is -2.26. The van der Waals surface area contributed by atoms with Crippen LogP contribution in [0.5, 0.6) is 0 Å². The van der Waals surface area contributed by atoms with Gasteiger partial charge in [0, 0.05) is 12.1 Å². The van der Waals surface area contributed by atoms with E-state index in [9.17, 15) is 4.79 Å². The van der Waals surface area contributed by atoms with Gasteiger partial charge in [0.2, 0.25) is 5.91 Å². The molecule has 3 nitrogen and oxygen atoms in total. The summed E-state index contributed by atoms with van der Waals surface area (Å²) in [6.45, 7) is 6.72. The van der Waals surface area contributed by atoms with Gasteiger partial charge in [-0.1, -0.05) is 38.1 Å². The van der Waals surface area contributed by atoms with Crippen molar-refractivity contribution in [1.82, 2.24) is 10.6 Å². The van der Waals surface area contributed by atoms with E-state index in [4.69, 9.17) is 0 Å². The van der Waals surface area contributed by atoms with Crippen molar-refractivity contribution >= 4 is 5.91 Å². The summed E-state index contributed by atoms with van der Waals surface area (Å²) in [6, 6.07) is 9.26. The number of aryl methyl sites for hydroxylation is 1. The number of nitrogens with one attached hydrogen (secondary N) is 2. The van der Waals surface area contributed by atoms with Crippen molar-refractivity contribution in [3.05, 3.63) is 35.4 Å². The summed E-state index contributed by atoms with van der Waals surface area (Å²) in [7, 11) is 0. The van der Waals surface area contributed by atoms with E-state index in [1.807, 2.05) is 0 Å². The molecule has 2 unspecified atom stereocenters. The fraction of sp³-hybridized carbons (Fsp3) is 0.588. The molecule has 0 saturated carbocycles. The zero-order valence-electron chi connectivity index (χ0n) is 12.8. The molecule has 0 bridgehead atoms. The van der Waals surface area contributed by atoms with Gasteiger partial charge >= 0.3 is 0 Å². The number of benzene rings is 1. The first-order valence-electron chi connectivity index (χ1n) is 7.65. The zero-order valence-corrected chi connectivity index (χ0v) is 12.8. The average molecular weight is 274 g/mol. The van der Waals surface area contributed by atoms with Gasteiger partial charge in [0.25, 0.3) is 0 Å². The van der Waals surface area contributed by atoms with Crippen LogP contribution in [-0.4, -0.2) is 24.5 Å². The van der Waals surface area contributed by atoms with Crippen LogP contribution < -0.4 is 10.6 Å². The Bertz CT molecular complexity index is 456. The molecule has 0 saturated heterocycles. The predicted molar refractivity (Wildman–Crippen MR) is 82.7 cm³/mol. The highest BCUT2D eigenvalue weighted by Gasteiger charge is 2.19. The van der Waals surface area contributed by atoms with E-state index in [0.717, 1.165) is 19.3 Å². The minimum absolute atomic E-state index is 0.102. The molecule has 0 radical (unpaired) electrons. The summed E-state index contributed by atoms with van der Waals surface area (Å²) in [6.07, 6.45) is 3.26. The highest BCUT2D eigenvalue weighted by molar-refractivity contribution is 5.78. The van der Waals surface area contributed by atoms with Crippen molar-refractivity contribution < 1.29 is 4.79 Å². The number of rotatable bonds is 5. The number of amides is 1. The maximum Gasteiger partial charge on any atom is 0.234 e. The maximum absolute atomic E-state index is 11.9. The van der Waals surface area contributed by atoms with Gasteiger partial charge in [-0.2, -0.15) is 0 Å². The molecule has 1 aliphatic rings. The second-order valence-electron chi connectivity index (χ2n) is 6.19. The smallest absolute Gasteiger partial charge is 0.234 e. The van der Waals surface area contributed by atoms with Gasteiger partial charge in [0.15, 0.2) is 0 Å². The lowest BCUT2D eigenvalue weighted by atomic mass is 9.88. The Balaban J connectivity index is 1.77. The third kappa shape index (κ3) is 4.07. The predicted octanol–water partition coefficient (Wildman–Crippen LogP) is 2.29. The highest BCUT2D eigenvalue weighted by Crippen LogP contribution is 2.20. The van der Waals surface area contributed by atoms with Crippen LogP contribution in [0.3, 0.4) is 0 Å². The third-order valence-electron chi connectivity index (χ3n) is 4.29. The van der Waals surface area contributed by atoms with Gasteiger partial charge < -0.3 is 10.6 Å². The Morgan fingerprint density at radius 1 is 1.25 bits per heavy atom. The topological polar surface area (TPSA) is 41.1 Å². The summed E-state index contributed by atoms with van der Waals surface area (Å²) in [5.41, 5.74) is 2.88. The molecule has 2 rings (SSSR count). The Kier molecular flexibility index (Phi) is 5.18. The number of carbonyl (C=O) groups is 1. The first-order valence-corrected chi connectivity index (χ1v) is 7.65. The summed E-state index contributed by atoms with van der Waals surface area (Å²) >= 11 is 0. The van der Waals surface area contributed by atoms with Crippen molar-refractivity contribution in [3.8, 4) is 0 Å². The molecule has 0 spiro atoms. The van der Waals surface area contributed by atoms with Crippen LogP contribution >= 0.6 is 0 Å². The fourth-order valence-electron chi connectivity index (χ4n) is 2.58. The van der Waals surface area contributed by atoms with E-state index >= 15 is 0 Å². The van der Waals surface area contributed by atoms with E-state index in [-0.39, 0.29) is 11.9 Å². The Morgan fingerprint density at radius 3 is 2.65 bits per heavy atom. The molecule has 1 aromatic rings. The molecule has 2 atom stereocenters. The number of carbonyl (C=O) groups excluding carboxylic acids is 1. The van der Waals surface area contributed by atoms with Gasteiger partial charge in [-0.15, -0.1) is 0 Å². The van der Waals surface area contributed by atoms with Crippen molar-refractivity contribution in [3.63, 3.8) is 0 Å². The van der Waals surface area contributed by atoms with Crippen molar-refractivity contribution in [2.45, 2.75) is 52.1 Å². The Hall–Kier alpha value is -1.35. The van der Waals surface area contributed by atoms with Crippen LogP contribution in [0, 0.1) is 5.92 Å². The lowest BCUT2D eigenvalue weighted by Crippen LogP contribution is -2.45. The van der Waals surface area contributed by atoms with Gasteiger partial charge in [-0.25, -0.2) is 0 Å². The zero-order chi connectivity index (χ0) is 14.5. The molecular formula is C17H26N2O. The molecule has 2 N–H and O–H groups in total. The number of hydrogen-bond donors (Lipinski definition) is 2. The Labute approximate surface area is 122 Å². The van der Waals surface area contributed by atoms with Gasteiger partial charge in [-0.3, -0.25) is 4.79 Å². The molecule has 3 heteroatoms. The van der Waals surface area contributed by atoms with E-state index in [0.29, 0.717) is 18.5 Å². The van der Waals surface area contributed by atoms with Crippen molar-refractivity contribution in [2.75, 3.05) is 6.54 Å². The monoisotopic (exact) mass is 274 g/mol. The Morgan fingerprint density at radius 2 is 1.95 bits per heavy atom. The number of hydrogen-bond acceptors (Lipinski definition) is 2. The molecule has 0 fully saturated rings. The van der Waals surface area contributed by atoms with Gasteiger partial charge in [0.05, 0.1) is 6.54 Å². The van der Waals surface area contributed by atoms with Crippen LogP contribution in [0.2, 0.25) is 0 Å². The van der Waals surface area contributed by atoms with Crippen LogP contribution in [-0.2, 0) is 17.6 Å². The molecule has 1 aliphatic carbocycles. The first-order chi connectivity index (χ1) is 9.56. The minimum atomic E-state index is 0.102. The molecule has 1 aromatic carbocycles. The van der Waals surface area contributed by atoms with Gasteiger partial charge in [0.1, 0.15) is 0 Å². The van der Waals surface area contributed by atoms with Crippen LogP contribution in [0.4, 0.5) is 0 Å². The summed E-state index contributed by atoms with van der Waals surface area (Å²) in [5, 5.41) is 6.43. The minimum Gasteiger partial charge on any atom is -0.352 e. The largest absolute Gasteiger partial charge is 0.352 e. The SMILES string of the molecule is CC(C)C(C)NC(=O)CNC1CCc2ccccc2C1. The fourth-order valence-corrected chi connectivity index (χ4v) is 2.58. The van der Waals surface area contributed by atoms with Gasteiger partial charge in [-0.05, 0) is 43.2 Å². The lowest BCUT2D eigenvalue weighted by molar-refractivity contribution is -0.121. The van der Waals surface area contributed by atoms with E-state index < -0.39 is 0 Å². The third-order valence-corrected chi connectivity index (χ3v) is 4.29. The standard InChI is InChI=1S/C17H26N2O/c1-12(2)13(3)19-17(20)11-18-16-9-8-14-6-4-5-7-15(14)10-16/h4-7,12-13,16,18H,8-11H2,1-3H3,(H,19,20). The molecule has 110 valence electrons. The average Bonchev–Trinajstić information content (AvgIpc) is 2.44. The summed E-state index contributed by atoms with van der Waals surface area (Å²) in [4.78, 5) is 11.9. The van der Waals surface area contributed by atoms with Crippen LogP contribution in [0.25, 0.3) is 0 Å². The quantitative estimate of drug-likeness (QED) is 0.865. The second kappa shape index (κ2) is 6.89. The molecule has 20 heavy (non-hydrogen) atoms. The second-order valence-corrected chi connectivity index (χ2v) is 6.19. The summed E-state index contributed by atoms with van der Waals surface area (Å²) in [5.74, 6) is 0.575. The van der Waals surface area contributed by atoms with E-state index in [2.05, 4.69) is 55.7 Å². The molecule has 0 heterocycles. The normalized spacial score (nSPS) is 19.5. The molecule has 0 aromatic heterocycles. The summed E-state index contributed by atoms with van der Waals surface area (Å²) < 4.78 is 0. The number of fused-ring (bicyclic) bond motifs is 1. The molecule has 0 aliphatic heterocycles.